The van der Waals surface area contributed by atoms with Gasteiger partial charge in [0, 0.05) is 55.2 Å². The third kappa shape index (κ3) is 5.14. The molecular weight excluding hydrogens is 420 g/mol. The Labute approximate surface area is 202 Å². The summed E-state index contributed by atoms with van der Waals surface area (Å²) in [6.45, 7) is 8.30. The van der Waals surface area contributed by atoms with Crippen molar-refractivity contribution in [2.45, 2.75) is 45.7 Å². The van der Waals surface area contributed by atoms with E-state index >= 15 is 0 Å². The topological polar surface area (TPSA) is 79.1 Å². The van der Waals surface area contributed by atoms with E-state index < -0.39 is 0 Å². The Morgan fingerprint density at radius 3 is 2.85 bits per heavy atom. The predicted octanol–water partition coefficient (Wildman–Crippen LogP) is 4.24. The summed E-state index contributed by atoms with van der Waals surface area (Å²) < 4.78 is 0. The van der Waals surface area contributed by atoms with E-state index in [2.05, 4.69) is 76.0 Å². The Balaban J connectivity index is 1.33. The van der Waals surface area contributed by atoms with Crippen molar-refractivity contribution >= 4 is 10.9 Å². The second-order valence-electron chi connectivity index (χ2n) is 10.1. The molecule has 6 nitrogen and oxygen atoms in total. The minimum atomic E-state index is 0.179. The van der Waals surface area contributed by atoms with Gasteiger partial charge in [-0.2, -0.15) is 0 Å². The number of nitrogens with zero attached hydrogens (tertiary/aromatic N) is 3. The summed E-state index contributed by atoms with van der Waals surface area (Å²) in [6, 6.07) is 15.2. The highest BCUT2D eigenvalue weighted by Gasteiger charge is 2.31. The number of hydrogen-bond acceptors (Lipinski definition) is 6. The Bertz CT molecular complexity index is 1170. The van der Waals surface area contributed by atoms with Gasteiger partial charge in [-0.25, -0.2) is 5.43 Å². The molecule has 0 spiro atoms. The van der Waals surface area contributed by atoms with Crippen molar-refractivity contribution in [1.29, 1.82) is 0 Å². The zero-order valence-electron chi connectivity index (χ0n) is 20.3. The monoisotopic (exact) mass is 456 g/mol. The van der Waals surface area contributed by atoms with Gasteiger partial charge >= 0.3 is 0 Å². The minimum absolute atomic E-state index is 0.179. The van der Waals surface area contributed by atoms with Gasteiger partial charge in [-0.15, -0.1) is 0 Å². The molecule has 3 aromatic rings. The van der Waals surface area contributed by atoms with Crippen LogP contribution in [-0.2, 0) is 6.54 Å². The van der Waals surface area contributed by atoms with Crippen molar-refractivity contribution < 1.29 is 0 Å². The number of rotatable bonds is 7. The van der Waals surface area contributed by atoms with Crippen LogP contribution in [0.3, 0.4) is 0 Å². The van der Waals surface area contributed by atoms with E-state index in [1.165, 1.54) is 34.2 Å². The van der Waals surface area contributed by atoms with E-state index in [4.69, 9.17) is 5.73 Å². The molecule has 2 aliphatic heterocycles. The van der Waals surface area contributed by atoms with Crippen LogP contribution >= 0.6 is 0 Å². The maximum Gasteiger partial charge on any atom is 0.0741 e. The van der Waals surface area contributed by atoms with E-state index in [-0.39, 0.29) is 6.04 Å². The molecule has 1 fully saturated rings. The number of likely N-dealkylation sites (tertiary alicyclic amines) is 1. The van der Waals surface area contributed by atoms with Crippen LogP contribution in [0.25, 0.3) is 10.9 Å². The Morgan fingerprint density at radius 2 is 2.00 bits per heavy atom. The molecule has 0 aliphatic carbocycles. The first-order valence-electron chi connectivity index (χ1n) is 12.5. The number of aromatic nitrogens is 2. The lowest BCUT2D eigenvalue weighted by atomic mass is 9.82. The molecule has 2 aliphatic rings. The van der Waals surface area contributed by atoms with Crippen molar-refractivity contribution in [3.63, 3.8) is 0 Å². The largest absolute Gasteiger partial charge is 0.330 e. The van der Waals surface area contributed by atoms with Gasteiger partial charge < -0.3 is 11.2 Å². The molecule has 2 aromatic heterocycles. The number of hydrogen-bond donors (Lipinski definition) is 3. The van der Waals surface area contributed by atoms with Crippen LogP contribution < -0.4 is 16.6 Å². The zero-order chi connectivity index (χ0) is 23.5. The number of nitrogens with one attached hydrogen (secondary N) is 2. The zero-order valence-corrected chi connectivity index (χ0v) is 20.3. The highest BCUT2D eigenvalue weighted by molar-refractivity contribution is 5.78. The number of pyridine rings is 2. The fraction of sp³-hybridized carbons (Fsp3) is 0.429. The first kappa shape index (κ1) is 23.0. The normalized spacial score (nSPS) is 23.4. The summed E-state index contributed by atoms with van der Waals surface area (Å²) in [5.74, 6) is 1.29. The molecule has 0 bridgehead atoms. The van der Waals surface area contributed by atoms with Crippen LogP contribution in [0.4, 0.5) is 0 Å². The van der Waals surface area contributed by atoms with Crippen LogP contribution in [0.5, 0.6) is 0 Å². The smallest absolute Gasteiger partial charge is 0.0741 e. The maximum absolute atomic E-state index is 5.96. The summed E-state index contributed by atoms with van der Waals surface area (Å²) in [7, 11) is 0. The number of para-hydroxylation sites is 1. The fourth-order valence-electron chi connectivity index (χ4n) is 5.79. The van der Waals surface area contributed by atoms with Crippen molar-refractivity contribution in [2.24, 2.45) is 17.6 Å². The minimum Gasteiger partial charge on any atom is -0.330 e. The third-order valence-electron chi connectivity index (χ3n) is 7.14. The van der Waals surface area contributed by atoms with E-state index in [0.29, 0.717) is 18.4 Å². The molecule has 1 aromatic carbocycles. The van der Waals surface area contributed by atoms with Crippen molar-refractivity contribution in [3.05, 3.63) is 82.9 Å². The average molecular weight is 457 g/mol. The van der Waals surface area contributed by atoms with Crippen LogP contribution in [0.15, 0.2) is 66.1 Å². The summed E-state index contributed by atoms with van der Waals surface area (Å²) in [6.07, 6.45) is 7.17. The van der Waals surface area contributed by atoms with Gasteiger partial charge in [-0.1, -0.05) is 25.1 Å². The lowest BCUT2D eigenvalue weighted by molar-refractivity contribution is 0.125. The lowest BCUT2D eigenvalue weighted by Gasteiger charge is -2.37. The van der Waals surface area contributed by atoms with Crippen LogP contribution in [0.1, 0.15) is 49.0 Å². The predicted molar refractivity (Wildman–Crippen MR) is 138 cm³/mol. The van der Waals surface area contributed by atoms with Gasteiger partial charge in [0.05, 0.1) is 11.6 Å². The molecular formula is C28H36N6. The highest BCUT2D eigenvalue weighted by Crippen LogP contribution is 2.36. The summed E-state index contributed by atoms with van der Waals surface area (Å²) in [5, 5.41) is 1.22. The van der Waals surface area contributed by atoms with E-state index in [1.54, 1.807) is 0 Å². The van der Waals surface area contributed by atoms with Crippen LogP contribution in [0.2, 0.25) is 0 Å². The molecule has 6 heteroatoms. The second-order valence-corrected chi connectivity index (χ2v) is 10.1. The van der Waals surface area contributed by atoms with Crippen molar-refractivity contribution in [2.75, 3.05) is 19.6 Å². The lowest BCUT2D eigenvalue weighted by Crippen LogP contribution is -2.39. The fourth-order valence-corrected chi connectivity index (χ4v) is 5.79. The van der Waals surface area contributed by atoms with Gasteiger partial charge in [0.15, 0.2) is 0 Å². The molecule has 34 heavy (non-hydrogen) atoms. The number of piperidine rings is 1. The standard InChI is InChI=1S/C28H36N6/c1-19-11-21(17-34(16-19)18-22-13-23-5-3-4-6-26(23)31-15-22)14-25-27(7-9-29)32-33-28(25)24-8-10-30-20(2)12-24/h3-6,8,10,12-13,15,19,21,28,32-33H,7,9,11,14,16-18,29H2,1-2H3. The maximum atomic E-state index is 5.96. The molecule has 3 unspecified atom stereocenters. The SMILES string of the molecule is Cc1cc(C2NNC(CCN)=C2CC2CC(C)CN(Cc3cnc4ccccc4c3)C2)ccn1. The average Bonchev–Trinajstić information content (AvgIpc) is 3.21. The number of aryl methyl sites for hydroxylation is 1. The summed E-state index contributed by atoms with van der Waals surface area (Å²) in [5.41, 5.74) is 20.3. The molecule has 0 saturated carbocycles. The van der Waals surface area contributed by atoms with Crippen molar-refractivity contribution in [3.8, 4) is 0 Å². The van der Waals surface area contributed by atoms with Gasteiger partial charge in [0.2, 0.25) is 0 Å². The van der Waals surface area contributed by atoms with Crippen LogP contribution in [-0.4, -0.2) is 34.5 Å². The first-order valence-corrected chi connectivity index (χ1v) is 12.5. The summed E-state index contributed by atoms with van der Waals surface area (Å²) >= 11 is 0. The Kier molecular flexibility index (Phi) is 6.90. The van der Waals surface area contributed by atoms with Gasteiger partial charge in [0.1, 0.15) is 0 Å². The molecule has 0 radical (unpaired) electrons. The van der Waals surface area contributed by atoms with Gasteiger partial charge in [-0.3, -0.25) is 14.9 Å². The first-order chi connectivity index (χ1) is 16.6. The number of benzene rings is 1. The summed E-state index contributed by atoms with van der Waals surface area (Å²) in [4.78, 5) is 11.7. The molecule has 0 amide bonds. The highest BCUT2D eigenvalue weighted by atomic mass is 15.4. The number of nitrogens with two attached hydrogens (primary N) is 1. The molecule has 4 heterocycles. The van der Waals surface area contributed by atoms with Crippen LogP contribution in [0, 0.1) is 18.8 Å². The second kappa shape index (κ2) is 10.2. The number of fused-ring (bicyclic) bond motifs is 1. The molecule has 4 N–H and O–H groups in total. The molecule has 1 saturated heterocycles. The van der Waals surface area contributed by atoms with E-state index in [1.807, 2.05) is 18.5 Å². The van der Waals surface area contributed by atoms with E-state index in [0.717, 1.165) is 43.7 Å². The quantitative estimate of drug-likeness (QED) is 0.494. The molecule has 178 valence electrons. The third-order valence-corrected chi connectivity index (χ3v) is 7.14. The van der Waals surface area contributed by atoms with Gasteiger partial charge in [0.25, 0.3) is 0 Å². The molecule has 5 rings (SSSR count). The number of hydrazine groups is 1. The van der Waals surface area contributed by atoms with Crippen molar-refractivity contribution in [1.82, 2.24) is 25.7 Å². The Morgan fingerprint density at radius 1 is 1.12 bits per heavy atom. The van der Waals surface area contributed by atoms with Gasteiger partial charge in [-0.05, 0) is 79.1 Å². The Hall–Kier alpha value is -2.80. The molecule has 3 atom stereocenters. The van der Waals surface area contributed by atoms with E-state index in [9.17, 15) is 0 Å².